The van der Waals surface area contributed by atoms with Crippen LogP contribution in [0.4, 0.5) is 11.5 Å². The van der Waals surface area contributed by atoms with E-state index in [1.165, 1.54) is 0 Å². The molecule has 1 amide bonds. The average Bonchev–Trinajstić information content (AvgIpc) is 2.59. The number of aromatic amines is 1. The van der Waals surface area contributed by atoms with Gasteiger partial charge < -0.3 is 11.1 Å². The molecule has 0 radical (unpaired) electrons. The predicted octanol–water partition coefficient (Wildman–Crippen LogP) is 3.08. The minimum atomic E-state index is -0.268. The summed E-state index contributed by atoms with van der Waals surface area (Å²) in [6, 6.07) is 5.29. The van der Waals surface area contributed by atoms with E-state index in [0.29, 0.717) is 17.1 Å². The third kappa shape index (κ3) is 2.73. The van der Waals surface area contributed by atoms with Crippen molar-refractivity contribution < 1.29 is 4.79 Å². The molecule has 1 heterocycles. The van der Waals surface area contributed by atoms with E-state index in [-0.39, 0.29) is 5.91 Å². The van der Waals surface area contributed by atoms with Crippen LogP contribution in [0.25, 0.3) is 0 Å². The number of H-pyrrole nitrogens is 1. The molecule has 0 aliphatic carbocycles. The summed E-state index contributed by atoms with van der Waals surface area (Å²) in [5, 5.41) is 9.28. The number of carbonyl (C=O) groups excluding carboxylic acids is 1. The first-order valence-corrected chi connectivity index (χ1v) is 6.64. The van der Waals surface area contributed by atoms with Gasteiger partial charge in [-0.2, -0.15) is 5.10 Å². The molecule has 2 rings (SSSR count). The first-order chi connectivity index (χ1) is 8.47. The van der Waals surface area contributed by atoms with Crippen molar-refractivity contribution >= 4 is 49.3 Å². The first kappa shape index (κ1) is 13.1. The zero-order chi connectivity index (χ0) is 13.3. The van der Waals surface area contributed by atoms with Crippen LogP contribution in [-0.2, 0) is 0 Å². The van der Waals surface area contributed by atoms with E-state index in [0.717, 1.165) is 14.6 Å². The lowest BCUT2D eigenvalue weighted by Gasteiger charge is -2.04. The summed E-state index contributed by atoms with van der Waals surface area (Å²) in [6.07, 6.45) is 0. The van der Waals surface area contributed by atoms with E-state index in [1.807, 2.05) is 6.07 Å². The minimum Gasteiger partial charge on any atom is -0.394 e. The highest BCUT2D eigenvalue weighted by atomic mass is 79.9. The Morgan fingerprint density at radius 1 is 1.33 bits per heavy atom. The number of nitrogens with two attached hydrogens (primary N) is 1. The van der Waals surface area contributed by atoms with Gasteiger partial charge in [0.15, 0.2) is 5.82 Å². The fourth-order valence-electron chi connectivity index (χ4n) is 1.40. The number of rotatable bonds is 2. The van der Waals surface area contributed by atoms with Crippen LogP contribution in [0.2, 0.25) is 0 Å². The van der Waals surface area contributed by atoms with Gasteiger partial charge in [-0.1, -0.05) is 31.9 Å². The molecule has 0 aliphatic heterocycles. The maximum absolute atomic E-state index is 12.0. The number of amides is 1. The number of hydrogen-bond acceptors (Lipinski definition) is 3. The maximum Gasteiger partial charge on any atom is 0.256 e. The highest BCUT2D eigenvalue weighted by molar-refractivity contribution is 9.11. The summed E-state index contributed by atoms with van der Waals surface area (Å²) in [5.74, 6) is 0.0730. The Morgan fingerprint density at radius 2 is 1.94 bits per heavy atom. The van der Waals surface area contributed by atoms with Crippen molar-refractivity contribution in [2.45, 2.75) is 6.92 Å². The van der Waals surface area contributed by atoms with Gasteiger partial charge in [0.05, 0.1) is 11.4 Å². The van der Waals surface area contributed by atoms with Crippen LogP contribution in [0.5, 0.6) is 0 Å². The highest BCUT2D eigenvalue weighted by Crippen LogP contribution is 2.22. The molecule has 94 valence electrons. The number of nitrogen functional groups attached to an aromatic ring is 1. The predicted molar refractivity (Wildman–Crippen MR) is 77.5 cm³/mol. The van der Waals surface area contributed by atoms with Crippen molar-refractivity contribution in [1.82, 2.24) is 10.2 Å². The van der Waals surface area contributed by atoms with E-state index >= 15 is 0 Å². The molecule has 2 aromatic rings. The summed E-state index contributed by atoms with van der Waals surface area (Å²) in [7, 11) is 0. The summed E-state index contributed by atoms with van der Waals surface area (Å²) in [5.41, 5.74) is 7.44. The van der Waals surface area contributed by atoms with Gasteiger partial charge in [-0.05, 0) is 25.1 Å². The first-order valence-electron chi connectivity index (χ1n) is 5.05. The van der Waals surface area contributed by atoms with Gasteiger partial charge in [0.25, 0.3) is 5.91 Å². The lowest BCUT2D eigenvalue weighted by Crippen LogP contribution is -2.13. The van der Waals surface area contributed by atoms with Crippen LogP contribution in [-0.4, -0.2) is 16.1 Å². The van der Waals surface area contributed by atoms with E-state index in [4.69, 9.17) is 5.73 Å². The number of halogens is 2. The summed E-state index contributed by atoms with van der Waals surface area (Å²) < 4.78 is 1.63. The Labute approximate surface area is 120 Å². The number of carbonyl (C=O) groups is 1. The van der Waals surface area contributed by atoms with Crippen molar-refractivity contribution in [3.8, 4) is 0 Å². The lowest BCUT2D eigenvalue weighted by atomic mass is 10.2. The zero-order valence-electron chi connectivity index (χ0n) is 9.42. The molecule has 0 unspecified atom stereocenters. The molecule has 0 spiro atoms. The van der Waals surface area contributed by atoms with E-state index in [2.05, 4.69) is 47.4 Å². The number of benzene rings is 1. The molecular weight excluding hydrogens is 364 g/mol. The fraction of sp³-hybridized carbons (Fsp3) is 0.0909. The Bertz CT molecular complexity index is 589. The number of hydrogen-bond donors (Lipinski definition) is 3. The Kier molecular flexibility index (Phi) is 3.72. The molecule has 0 saturated carbocycles. The van der Waals surface area contributed by atoms with Gasteiger partial charge >= 0.3 is 0 Å². The highest BCUT2D eigenvalue weighted by Gasteiger charge is 2.12. The van der Waals surface area contributed by atoms with Crippen molar-refractivity contribution in [2.24, 2.45) is 0 Å². The second kappa shape index (κ2) is 5.11. The topological polar surface area (TPSA) is 83.8 Å². The molecule has 7 heteroatoms. The van der Waals surface area contributed by atoms with Crippen LogP contribution in [0.3, 0.4) is 0 Å². The molecule has 0 aliphatic rings. The summed E-state index contributed by atoms with van der Waals surface area (Å²) in [6.45, 7) is 1.79. The van der Waals surface area contributed by atoms with Crippen LogP contribution < -0.4 is 11.1 Å². The van der Waals surface area contributed by atoms with Gasteiger partial charge in [0, 0.05) is 14.5 Å². The molecule has 1 aromatic heterocycles. The van der Waals surface area contributed by atoms with Crippen molar-refractivity contribution in [3.63, 3.8) is 0 Å². The molecule has 5 nitrogen and oxygen atoms in total. The second-order valence-corrected chi connectivity index (χ2v) is 5.55. The molecule has 18 heavy (non-hydrogen) atoms. The standard InChI is InChI=1S/C11H10Br2N4O/c1-5-9(14)10(17-16-5)15-11(18)6-2-7(12)4-8(13)3-6/h2-4H,14H2,1H3,(H2,15,16,17,18). The fourth-order valence-corrected chi connectivity index (χ4v) is 2.69. The largest absolute Gasteiger partial charge is 0.394 e. The minimum absolute atomic E-state index is 0.268. The van der Waals surface area contributed by atoms with Crippen LogP contribution >= 0.6 is 31.9 Å². The SMILES string of the molecule is Cc1[nH]nc(NC(=O)c2cc(Br)cc(Br)c2)c1N. The third-order valence-electron chi connectivity index (χ3n) is 2.35. The summed E-state index contributed by atoms with van der Waals surface area (Å²) in [4.78, 5) is 12.0. The quantitative estimate of drug-likeness (QED) is 0.756. The number of nitrogens with one attached hydrogen (secondary N) is 2. The van der Waals surface area contributed by atoms with Gasteiger partial charge in [0.1, 0.15) is 0 Å². The van der Waals surface area contributed by atoms with Crippen molar-refractivity contribution in [3.05, 3.63) is 38.4 Å². The lowest BCUT2D eigenvalue weighted by molar-refractivity contribution is 0.102. The van der Waals surface area contributed by atoms with E-state index in [9.17, 15) is 4.79 Å². The van der Waals surface area contributed by atoms with Crippen LogP contribution in [0.15, 0.2) is 27.1 Å². The normalized spacial score (nSPS) is 10.4. The summed E-state index contributed by atoms with van der Waals surface area (Å²) >= 11 is 6.66. The van der Waals surface area contributed by atoms with Crippen LogP contribution in [0, 0.1) is 6.92 Å². The Morgan fingerprint density at radius 3 is 2.44 bits per heavy atom. The molecule has 0 atom stereocenters. The zero-order valence-corrected chi connectivity index (χ0v) is 12.6. The smallest absolute Gasteiger partial charge is 0.256 e. The van der Waals surface area contributed by atoms with Crippen LogP contribution in [0.1, 0.15) is 16.1 Å². The monoisotopic (exact) mass is 372 g/mol. The molecule has 0 bridgehead atoms. The number of anilines is 2. The molecule has 0 saturated heterocycles. The van der Waals surface area contributed by atoms with Crippen molar-refractivity contribution in [1.29, 1.82) is 0 Å². The van der Waals surface area contributed by atoms with E-state index < -0.39 is 0 Å². The van der Waals surface area contributed by atoms with Gasteiger partial charge in [-0.15, -0.1) is 0 Å². The Balaban J connectivity index is 2.24. The number of nitrogens with zero attached hydrogens (tertiary/aromatic N) is 1. The molecule has 1 aromatic carbocycles. The second-order valence-electron chi connectivity index (χ2n) is 3.72. The third-order valence-corrected chi connectivity index (χ3v) is 3.27. The van der Waals surface area contributed by atoms with Gasteiger partial charge in [-0.25, -0.2) is 0 Å². The van der Waals surface area contributed by atoms with Crippen molar-refractivity contribution in [2.75, 3.05) is 11.1 Å². The maximum atomic E-state index is 12.0. The molecular formula is C11H10Br2N4O. The number of aryl methyl sites for hydroxylation is 1. The number of aromatic nitrogens is 2. The van der Waals surface area contributed by atoms with E-state index in [1.54, 1.807) is 19.1 Å². The molecule has 4 N–H and O–H groups in total. The van der Waals surface area contributed by atoms with Gasteiger partial charge in [0.2, 0.25) is 0 Å². The Hall–Kier alpha value is -1.34. The van der Waals surface area contributed by atoms with Gasteiger partial charge in [-0.3, -0.25) is 9.89 Å². The average molecular weight is 374 g/mol. The molecule has 0 fully saturated rings.